The van der Waals surface area contributed by atoms with Crippen LogP contribution in [0.15, 0.2) is 28.2 Å². The summed E-state index contributed by atoms with van der Waals surface area (Å²) >= 11 is 5.95. The van der Waals surface area contributed by atoms with Gasteiger partial charge in [-0.2, -0.15) is 0 Å². The van der Waals surface area contributed by atoms with Gasteiger partial charge in [0.1, 0.15) is 5.17 Å². The normalized spacial score (nSPS) is 19.9. The quantitative estimate of drug-likeness (QED) is 0.788. The van der Waals surface area contributed by atoms with E-state index in [0.29, 0.717) is 11.7 Å². The highest BCUT2D eigenvalue weighted by Gasteiger charge is 2.19. The van der Waals surface area contributed by atoms with Crippen molar-refractivity contribution in [3.8, 4) is 0 Å². The largest absolute Gasteiger partial charge is 0.369 e. The summed E-state index contributed by atoms with van der Waals surface area (Å²) in [6, 6.07) is 6.24. The molecule has 0 spiro atoms. The van der Waals surface area contributed by atoms with Crippen molar-refractivity contribution in [1.29, 1.82) is 0 Å². The van der Waals surface area contributed by atoms with E-state index in [1.165, 1.54) is 11.3 Å². The molecular formula is C14H17ClN4. The van der Waals surface area contributed by atoms with Crippen LogP contribution in [0.1, 0.15) is 5.56 Å². The van der Waals surface area contributed by atoms with E-state index < -0.39 is 0 Å². The number of anilines is 1. The Balaban J connectivity index is 1.93. The molecule has 5 heteroatoms. The molecule has 0 radical (unpaired) electrons. The van der Waals surface area contributed by atoms with Gasteiger partial charge in [-0.25, -0.2) is 0 Å². The fourth-order valence-corrected chi connectivity index (χ4v) is 2.62. The van der Waals surface area contributed by atoms with E-state index in [4.69, 9.17) is 11.6 Å². The van der Waals surface area contributed by atoms with E-state index >= 15 is 0 Å². The summed E-state index contributed by atoms with van der Waals surface area (Å²) in [4.78, 5) is 13.5. The Bertz CT molecular complexity index is 530. The molecule has 2 aliphatic rings. The molecule has 19 heavy (non-hydrogen) atoms. The minimum Gasteiger partial charge on any atom is -0.369 e. The van der Waals surface area contributed by atoms with E-state index in [9.17, 15) is 0 Å². The lowest BCUT2D eigenvalue weighted by atomic mass is 10.1. The van der Waals surface area contributed by atoms with Crippen molar-refractivity contribution >= 4 is 34.4 Å². The summed E-state index contributed by atoms with van der Waals surface area (Å²) < 4.78 is 0. The molecule has 0 saturated carbocycles. The number of likely N-dealkylation sites (N-methyl/N-ethyl adjacent to an activating group) is 1. The van der Waals surface area contributed by atoms with Gasteiger partial charge in [0.25, 0.3) is 0 Å². The lowest BCUT2D eigenvalue weighted by Crippen LogP contribution is -2.44. The van der Waals surface area contributed by atoms with Crippen molar-refractivity contribution in [1.82, 2.24) is 4.90 Å². The van der Waals surface area contributed by atoms with Gasteiger partial charge < -0.3 is 9.80 Å². The second-order valence-corrected chi connectivity index (χ2v) is 5.35. The maximum Gasteiger partial charge on any atom is 0.142 e. The number of fused-ring (bicyclic) bond motifs is 1. The number of nitrogens with zero attached hydrogens (tertiary/aromatic N) is 4. The van der Waals surface area contributed by atoms with Crippen molar-refractivity contribution in [2.45, 2.75) is 6.54 Å². The molecule has 0 aromatic heterocycles. The number of piperazine rings is 1. The molecule has 1 fully saturated rings. The average Bonchev–Trinajstić information content (AvgIpc) is 2.62. The van der Waals surface area contributed by atoms with Gasteiger partial charge >= 0.3 is 0 Å². The predicted octanol–water partition coefficient (Wildman–Crippen LogP) is 2.29. The molecule has 1 aromatic rings. The first-order chi connectivity index (χ1) is 9.24. The molecule has 0 N–H and O–H groups in total. The number of hydrogen-bond donors (Lipinski definition) is 0. The van der Waals surface area contributed by atoms with Gasteiger partial charge in [0.2, 0.25) is 0 Å². The number of rotatable bonds is 1. The van der Waals surface area contributed by atoms with Crippen molar-refractivity contribution in [3.63, 3.8) is 0 Å². The molecule has 100 valence electrons. The van der Waals surface area contributed by atoms with Gasteiger partial charge in [-0.15, -0.1) is 0 Å². The van der Waals surface area contributed by atoms with Crippen LogP contribution in [0, 0.1) is 0 Å². The van der Waals surface area contributed by atoms with Crippen LogP contribution < -0.4 is 4.90 Å². The van der Waals surface area contributed by atoms with Gasteiger partial charge in [0.05, 0.1) is 18.4 Å². The van der Waals surface area contributed by atoms with E-state index in [0.717, 1.165) is 31.9 Å². The van der Waals surface area contributed by atoms with Crippen molar-refractivity contribution in [3.05, 3.63) is 23.8 Å². The Morgan fingerprint density at radius 2 is 1.95 bits per heavy atom. The van der Waals surface area contributed by atoms with Crippen LogP contribution in [0.4, 0.5) is 11.4 Å². The van der Waals surface area contributed by atoms with Crippen molar-refractivity contribution in [2.24, 2.45) is 9.98 Å². The smallest absolute Gasteiger partial charge is 0.142 e. The fraction of sp³-hybridized carbons (Fsp3) is 0.429. The standard InChI is InChI=1S/C14H17ClN4/c1-18-5-7-19(8-6-18)13-4-2-3-12-11(13)9-17-14(15)10-16-12/h2-4,10H,5-9H2,1H3. The van der Waals surface area contributed by atoms with Crippen LogP contribution in [0.3, 0.4) is 0 Å². The maximum atomic E-state index is 5.95. The zero-order valence-corrected chi connectivity index (χ0v) is 11.8. The zero-order valence-electron chi connectivity index (χ0n) is 11.0. The van der Waals surface area contributed by atoms with Gasteiger partial charge in [0.15, 0.2) is 0 Å². The second kappa shape index (κ2) is 5.31. The SMILES string of the molecule is CN1CCN(c2cccc3c2CN=C(Cl)C=N3)CC1. The Kier molecular flexibility index (Phi) is 3.53. The second-order valence-electron chi connectivity index (χ2n) is 4.96. The third kappa shape index (κ3) is 2.65. The molecule has 2 aliphatic heterocycles. The Morgan fingerprint density at radius 3 is 2.74 bits per heavy atom. The molecular weight excluding hydrogens is 260 g/mol. The first-order valence-corrected chi connectivity index (χ1v) is 6.91. The minimum atomic E-state index is 0.473. The highest BCUT2D eigenvalue weighted by molar-refractivity contribution is 6.80. The van der Waals surface area contributed by atoms with Gasteiger partial charge in [-0.1, -0.05) is 17.7 Å². The van der Waals surface area contributed by atoms with E-state index in [-0.39, 0.29) is 0 Å². The molecule has 0 aliphatic carbocycles. The highest BCUT2D eigenvalue weighted by Crippen LogP contribution is 2.32. The highest BCUT2D eigenvalue weighted by atomic mass is 35.5. The Hall–Kier alpha value is -1.39. The number of benzene rings is 1. The summed E-state index contributed by atoms with van der Waals surface area (Å²) in [6.07, 6.45) is 1.63. The van der Waals surface area contributed by atoms with Crippen LogP contribution in [0.5, 0.6) is 0 Å². The first kappa shape index (κ1) is 12.6. The van der Waals surface area contributed by atoms with Crippen LogP contribution >= 0.6 is 11.6 Å². The van der Waals surface area contributed by atoms with E-state index in [1.807, 2.05) is 6.07 Å². The third-order valence-corrected chi connectivity index (χ3v) is 3.89. The molecule has 0 unspecified atom stereocenters. The first-order valence-electron chi connectivity index (χ1n) is 6.53. The van der Waals surface area contributed by atoms with Gasteiger partial charge in [-0.3, -0.25) is 9.98 Å². The number of halogens is 1. The molecule has 1 saturated heterocycles. The minimum absolute atomic E-state index is 0.473. The van der Waals surface area contributed by atoms with E-state index in [2.05, 4.69) is 39.0 Å². The monoisotopic (exact) mass is 276 g/mol. The molecule has 4 nitrogen and oxygen atoms in total. The number of aliphatic imine (C=N–C) groups is 2. The Morgan fingerprint density at radius 1 is 1.16 bits per heavy atom. The Labute approximate surface area is 118 Å². The summed E-state index contributed by atoms with van der Waals surface area (Å²) in [5.74, 6) is 0. The van der Waals surface area contributed by atoms with Gasteiger partial charge in [0, 0.05) is 37.4 Å². The topological polar surface area (TPSA) is 31.2 Å². The maximum absolute atomic E-state index is 5.95. The van der Waals surface area contributed by atoms with Crippen LogP contribution in [-0.4, -0.2) is 49.5 Å². The lowest BCUT2D eigenvalue weighted by Gasteiger charge is -2.35. The fourth-order valence-electron chi connectivity index (χ4n) is 2.51. The predicted molar refractivity (Wildman–Crippen MR) is 81.3 cm³/mol. The molecule has 0 amide bonds. The summed E-state index contributed by atoms with van der Waals surface area (Å²) in [5.41, 5.74) is 3.41. The van der Waals surface area contributed by atoms with E-state index in [1.54, 1.807) is 6.21 Å². The molecule has 0 bridgehead atoms. The third-order valence-electron chi connectivity index (χ3n) is 3.67. The van der Waals surface area contributed by atoms with Crippen LogP contribution in [-0.2, 0) is 6.54 Å². The molecule has 0 atom stereocenters. The molecule has 3 rings (SSSR count). The zero-order chi connectivity index (χ0) is 13.2. The number of hydrogen-bond acceptors (Lipinski definition) is 4. The molecule has 1 aromatic carbocycles. The molecule has 2 heterocycles. The lowest BCUT2D eigenvalue weighted by molar-refractivity contribution is 0.312. The van der Waals surface area contributed by atoms with Crippen LogP contribution in [0.25, 0.3) is 0 Å². The van der Waals surface area contributed by atoms with Crippen molar-refractivity contribution in [2.75, 3.05) is 38.1 Å². The van der Waals surface area contributed by atoms with Crippen molar-refractivity contribution < 1.29 is 0 Å². The summed E-state index contributed by atoms with van der Waals surface area (Å²) in [6.45, 7) is 4.90. The van der Waals surface area contributed by atoms with Crippen LogP contribution in [0.2, 0.25) is 0 Å². The summed E-state index contributed by atoms with van der Waals surface area (Å²) in [5, 5.41) is 0.473. The summed E-state index contributed by atoms with van der Waals surface area (Å²) in [7, 11) is 2.16. The average molecular weight is 277 g/mol. The van der Waals surface area contributed by atoms with Gasteiger partial charge in [-0.05, 0) is 19.2 Å².